The molecule has 0 heterocycles. The van der Waals surface area contributed by atoms with Crippen molar-refractivity contribution in [3.63, 3.8) is 0 Å². The van der Waals surface area contributed by atoms with E-state index in [0.29, 0.717) is 5.39 Å². The lowest BCUT2D eigenvalue weighted by atomic mass is 10.1. The molecule has 2 aromatic carbocycles. The maximum Gasteiger partial charge on any atom is 0.467 e. The Balaban J connectivity index is 2.29. The Bertz CT molecular complexity index is 788. The molecule has 0 saturated heterocycles. The summed E-state index contributed by atoms with van der Waals surface area (Å²) in [5, 5.41) is -4.00. The zero-order valence-electron chi connectivity index (χ0n) is 10.8. The van der Waals surface area contributed by atoms with Gasteiger partial charge >= 0.3 is 21.6 Å². The predicted molar refractivity (Wildman–Crippen MR) is 68.7 cm³/mol. The van der Waals surface area contributed by atoms with Gasteiger partial charge in [0, 0.05) is 0 Å². The number of rotatable bonds is 4. The second-order valence-corrected chi connectivity index (χ2v) is 5.84. The first-order valence-corrected chi connectivity index (χ1v) is 7.24. The summed E-state index contributed by atoms with van der Waals surface area (Å²) in [4.78, 5) is 0. The highest BCUT2D eigenvalue weighted by Crippen LogP contribution is 2.41. The molecule has 9 heteroatoms. The average molecular weight is 340 g/mol. The molecule has 120 valence electrons. The van der Waals surface area contributed by atoms with Gasteiger partial charge in [-0.1, -0.05) is 40.3 Å². The summed E-state index contributed by atoms with van der Waals surface area (Å²) < 4.78 is 88.1. The molecule has 1 atom stereocenters. The molecule has 2 rings (SSSR count). The topological polar surface area (TPSA) is 43.4 Å². The van der Waals surface area contributed by atoms with Gasteiger partial charge in [-0.25, -0.2) is 0 Å². The summed E-state index contributed by atoms with van der Waals surface area (Å²) in [6.45, 7) is -1.07. The van der Waals surface area contributed by atoms with Gasteiger partial charge in [-0.15, -0.1) is 0 Å². The van der Waals surface area contributed by atoms with E-state index in [1.54, 1.807) is 24.3 Å². The fourth-order valence-electron chi connectivity index (χ4n) is 1.80. The summed E-state index contributed by atoms with van der Waals surface area (Å²) >= 11 is 0. The largest absolute Gasteiger partial charge is 0.467 e. The molecule has 3 nitrogen and oxygen atoms in total. The molecule has 1 unspecified atom stereocenters. The minimum Gasteiger partial charge on any atom is -0.320 e. The SMILES string of the molecule is O=S(=O)(F)C(F)(OCc1ccc2ccccc2c1)C(F)(F)F. The third-order valence-electron chi connectivity index (χ3n) is 2.89. The fourth-order valence-corrected chi connectivity index (χ4v) is 2.27. The lowest BCUT2D eigenvalue weighted by molar-refractivity contribution is -0.294. The summed E-state index contributed by atoms with van der Waals surface area (Å²) in [5.74, 6) is 0. The quantitative estimate of drug-likeness (QED) is 0.627. The number of halogens is 5. The van der Waals surface area contributed by atoms with E-state index >= 15 is 0 Å². The normalized spacial score (nSPS) is 15.7. The first kappa shape index (κ1) is 16.6. The van der Waals surface area contributed by atoms with E-state index in [4.69, 9.17) is 0 Å². The second kappa shape index (κ2) is 5.47. The van der Waals surface area contributed by atoms with Crippen molar-refractivity contribution in [2.24, 2.45) is 0 Å². The molecular formula is C13H9F5O3S. The molecule has 0 saturated carbocycles. The molecule has 0 spiro atoms. The van der Waals surface area contributed by atoms with E-state index in [1.165, 1.54) is 18.2 Å². The van der Waals surface area contributed by atoms with Gasteiger partial charge in [0.15, 0.2) is 0 Å². The van der Waals surface area contributed by atoms with Gasteiger partial charge in [0.25, 0.3) is 0 Å². The molecule has 0 amide bonds. The molecule has 2 aromatic rings. The lowest BCUT2D eigenvalue weighted by Crippen LogP contribution is -2.48. The van der Waals surface area contributed by atoms with E-state index in [1.807, 2.05) is 0 Å². The van der Waals surface area contributed by atoms with Crippen molar-refractivity contribution >= 4 is 21.0 Å². The summed E-state index contributed by atoms with van der Waals surface area (Å²) in [6, 6.07) is 11.0. The Morgan fingerprint density at radius 2 is 1.55 bits per heavy atom. The van der Waals surface area contributed by atoms with E-state index in [-0.39, 0.29) is 5.56 Å². The van der Waals surface area contributed by atoms with Gasteiger partial charge in [-0.2, -0.15) is 26.0 Å². The van der Waals surface area contributed by atoms with Crippen molar-refractivity contribution in [3.05, 3.63) is 48.0 Å². The minimum absolute atomic E-state index is 0.0635. The maximum atomic E-state index is 13.5. The minimum atomic E-state index is -6.65. The molecule has 0 radical (unpaired) electrons. The van der Waals surface area contributed by atoms with Crippen LogP contribution in [0.1, 0.15) is 5.56 Å². The summed E-state index contributed by atoms with van der Waals surface area (Å²) in [7, 11) is -6.65. The van der Waals surface area contributed by atoms with Crippen LogP contribution in [0, 0.1) is 0 Å². The van der Waals surface area contributed by atoms with Crippen LogP contribution in [-0.4, -0.2) is 19.8 Å². The predicted octanol–water partition coefficient (Wildman–Crippen LogP) is 3.84. The van der Waals surface area contributed by atoms with Crippen LogP contribution in [0.4, 0.5) is 21.4 Å². The van der Waals surface area contributed by atoms with Crippen molar-refractivity contribution in [3.8, 4) is 0 Å². The van der Waals surface area contributed by atoms with Crippen molar-refractivity contribution in [2.75, 3.05) is 0 Å². The first-order valence-electron chi connectivity index (χ1n) is 5.86. The van der Waals surface area contributed by atoms with Gasteiger partial charge in [-0.05, 0) is 22.4 Å². The standard InChI is InChI=1S/C13H9F5O3S/c14-12(15,16)13(17,22(18,19)20)21-8-9-5-6-10-3-1-2-4-11(10)7-9/h1-7H,8H2. The van der Waals surface area contributed by atoms with Gasteiger partial charge in [0.1, 0.15) is 0 Å². The Labute approximate surface area is 122 Å². The number of alkyl halides is 4. The molecule has 0 aliphatic rings. The van der Waals surface area contributed by atoms with Gasteiger partial charge in [0.05, 0.1) is 6.61 Å². The summed E-state index contributed by atoms with van der Waals surface area (Å²) in [5.41, 5.74) is 0.0635. The molecule has 0 N–H and O–H groups in total. The van der Waals surface area contributed by atoms with Crippen molar-refractivity contribution in [1.82, 2.24) is 0 Å². The number of hydrogen-bond acceptors (Lipinski definition) is 3. The summed E-state index contributed by atoms with van der Waals surface area (Å²) in [6.07, 6.45) is -6.06. The van der Waals surface area contributed by atoms with Crippen LogP contribution >= 0.6 is 0 Å². The van der Waals surface area contributed by atoms with Gasteiger partial charge in [0.2, 0.25) is 0 Å². The monoisotopic (exact) mass is 340 g/mol. The zero-order valence-corrected chi connectivity index (χ0v) is 11.6. The van der Waals surface area contributed by atoms with Crippen LogP contribution in [0.15, 0.2) is 42.5 Å². The van der Waals surface area contributed by atoms with Crippen molar-refractivity contribution in [2.45, 2.75) is 18.0 Å². The maximum absolute atomic E-state index is 13.5. The van der Waals surface area contributed by atoms with Gasteiger partial charge < -0.3 is 4.74 Å². The number of ether oxygens (including phenoxy) is 1. The number of benzene rings is 2. The average Bonchev–Trinajstić information content (AvgIpc) is 2.42. The Hall–Kier alpha value is -1.74. The highest BCUT2D eigenvalue weighted by molar-refractivity contribution is 7.87. The zero-order chi connectivity index (χ0) is 16.6. The number of hydrogen-bond donors (Lipinski definition) is 0. The molecular weight excluding hydrogens is 331 g/mol. The van der Waals surface area contributed by atoms with Gasteiger partial charge in [-0.3, -0.25) is 0 Å². The third kappa shape index (κ3) is 3.05. The third-order valence-corrected chi connectivity index (χ3v) is 3.87. The Morgan fingerprint density at radius 1 is 0.955 bits per heavy atom. The van der Waals surface area contributed by atoms with E-state index in [9.17, 15) is 29.9 Å². The van der Waals surface area contributed by atoms with Crippen LogP contribution in [0.5, 0.6) is 0 Å². The van der Waals surface area contributed by atoms with E-state index in [0.717, 1.165) is 5.39 Å². The fraction of sp³-hybridized carbons (Fsp3) is 0.231. The molecule has 0 bridgehead atoms. The first-order chi connectivity index (χ1) is 10.0. The Kier molecular flexibility index (Phi) is 4.14. The van der Waals surface area contributed by atoms with E-state index in [2.05, 4.69) is 4.74 Å². The molecule has 0 aliphatic carbocycles. The van der Waals surface area contributed by atoms with Crippen molar-refractivity contribution in [1.29, 1.82) is 0 Å². The molecule has 0 fully saturated rings. The van der Waals surface area contributed by atoms with E-state index < -0.39 is 28.2 Å². The Morgan fingerprint density at radius 3 is 2.09 bits per heavy atom. The highest BCUT2D eigenvalue weighted by atomic mass is 32.3. The van der Waals surface area contributed by atoms with Crippen LogP contribution < -0.4 is 0 Å². The number of fused-ring (bicyclic) bond motifs is 1. The van der Waals surface area contributed by atoms with Crippen molar-refractivity contribution < 1.29 is 34.6 Å². The van der Waals surface area contributed by atoms with Crippen LogP contribution in [0.3, 0.4) is 0 Å². The van der Waals surface area contributed by atoms with Crippen LogP contribution in [-0.2, 0) is 21.6 Å². The molecule has 0 aliphatic heterocycles. The second-order valence-electron chi connectivity index (χ2n) is 4.44. The van der Waals surface area contributed by atoms with Crippen LogP contribution in [0.2, 0.25) is 0 Å². The smallest absolute Gasteiger partial charge is 0.320 e. The van der Waals surface area contributed by atoms with Crippen LogP contribution in [0.25, 0.3) is 10.8 Å². The lowest BCUT2D eigenvalue weighted by Gasteiger charge is -2.23. The molecule has 22 heavy (non-hydrogen) atoms. The molecule has 0 aromatic heterocycles. The highest BCUT2D eigenvalue weighted by Gasteiger charge is 2.68.